The van der Waals surface area contributed by atoms with Crippen molar-refractivity contribution in [2.45, 2.75) is 12.4 Å². The van der Waals surface area contributed by atoms with Gasteiger partial charge in [-0.2, -0.15) is 0 Å². The molecule has 0 bridgehead atoms. The molecule has 3 heterocycles. The second-order valence-electron chi connectivity index (χ2n) is 8.43. The summed E-state index contributed by atoms with van der Waals surface area (Å²) in [6.07, 6.45) is 0. The van der Waals surface area contributed by atoms with Gasteiger partial charge in [-0.15, -0.1) is 11.6 Å². The van der Waals surface area contributed by atoms with E-state index in [1.807, 2.05) is 36.4 Å². The average molecular weight is 541 g/mol. The summed E-state index contributed by atoms with van der Waals surface area (Å²) in [7, 11) is 0. The molecule has 1 N–H and O–H groups in total. The summed E-state index contributed by atoms with van der Waals surface area (Å²) < 4.78 is 13.4. The summed E-state index contributed by atoms with van der Waals surface area (Å²) in [5, 5.41) is 4.74. The van der Waals surface area contributed by atoms with Crippen molar-refractivity contribution in [3.8, 4) is 11.3 Å². The minimum absolute atomic E-state index is 0.208. The minimum Gasteiger partial charge on any atom is -0.358 e. The summed E-state index contributed by atoms with van der Waals surface area (Å²) in [5.41, 5.74) is 4.05. The quantitative estimate of drug-likeness (QED) is 0.268. The van der Waals surface area contributed by atoms with Crippen LogP contribution in [-0.2, 0) is 12.4 Å². The van der Waals surface area contributed by atoms with Gasteiger partial charge in [0.15, 0.2) is 10.9 Å². The van der Waals surface area contributed by atoms with Crippen LogP contribution in [-0.4, -0.2) is 51.1 Å². The maximum Gasteiger partial charge on any atom is 0.169 e. The molecule has 0 saturated carbocycles. The van der Waals surface area contributed by atoms with Gasteiger partial charge in [-0.25, -0.2) is 19.3 Å². The van der Waals surface area contributed by atoms with Crippen LogP contribution >= 0.6 is 35.4 Å². The highest BCUT2D eigenvalue weighted by molar-refractivity contribution is 7.80. The van der Waals surface area contributed by atoms with E-state index in [9.17, 15) is 4.39 Å². The number of rotatable bonds is 5. The predicted molar refractivity (Wildman–Crippen MR) is 147 cm³/mol. The number of fused-ring (bicyclic) bond motifs is 1. The monoisotopic (exact) mass is 540 g/mol. The van der Waals surface area contributed by atoms with Crippen LogP contribution in [0.3, 0.4) is 0 Å². The van der Waals surface area contributed by atoms with E-state index < -0.39 is 0 Å². The number of hydrogen-bond donors (Lipinski definition) is 1. The van der Waals surface area contributed by atoms with Crippen LogP contribution < -0.4 is 10.2 Å². The lowest BCUT2D eigenvalue weighted by Crippen LogP contribution is -2.51. The van der Waals surface area contributed by atoms with Crippen LogP contribution in [0.25, 0.3) is 22.3 Å². The number of benzene rings is 2. The first-order valence-corrected chi connectivity index (χ1v) is 12.8. The number of halogens is 3. The fourth-order valence-electron chi connectivity index (χ4n) is 4.17. The lowest BCUT2D eigenvalue weighted by Gasteiger charge is -2.37. The molecule has 1 aliphatic heterocycles. The molecule has 1 saturated heterocycles. The van der Waals surface area contributed by atoms with Gasteiger partial charge in [0.05, 0.1) is 17.1 Å². The van der Waals surface area contributed by atoms with Crippen LogP contribution in [0.2, 0.25) is 5.02 Å². The largest absolute Gasteiger partial charge is 0.358 e. The zero-order valence-electron chi connectivity index (χ0n) is 19.3. The maximum absolute atomic E-state index is 13.4. The SMILES string of the molecule is Fc1ccc(-c2ccc3nc(CCl)nc(N4CCN(C(=S)NCc5cccc(Cl)c5)CC4)c3n2)cc1. The molecule has 4 aromatic rings. The Balaban J connectivity index is 1.33. The summed E-state index contributed by atoms with van der Waals surface area (Å²) in [5.74, 6) is 1.22. The van der Waals surface area contributed by atoms with Gasteiger partial charge < -0.3 is 15.1 Å². The number of piperazine rings is 1. The summed E-state index contributed by atoms with van der Waals surface area (Å²) in [6.45, 7) is 3.53. The molecular formula is C26H23Cl2FN6S. The number of nitrogens with one attached hydrogen (secondary N) is 1. The standard InChI is InChI=1S/C26H23Cl2FN6S/c27-15-23-31-22-9-8-21(18-4-6-20(29)7-5-18)32-24(22)25(33-23)34-10-12-35(13-11-34)26(36)30-16-17-2-1-3-19(28)14-17/h1-9,14H,10-13,15-16H2,(H,30,36). The van der Waals surface area contributed by atoms with Crippen molar-refractivity contribution in [3.63, 3.8) is 0 Å². The Morgan fingerprint density at radius 1 is 0.972 bits per heavy atom. The molecular weight excluding hydrogens is 518 g/mol. The van der Waals surface area contributed by atoms with Gasteiger partial charge in [0.25, 0.3) is 0 Å². The Labute approximate surface area is 224 Å². The summed E-state index contributed by atoms with van der Waals surface area (Å²) in [6, 6.07) is 17.8. The molecule has 0 unspecified atom stereocenters. The van der Waals surface area contributed by atoms with Crippen LogP contribution in [0.15, 0.2) is 60.7 Å². The summed E-state index contributed by atoms with van der Waals surface area (Å²) >= 11 is 17.8. The Morgan fingerprint density at radius 2 is 1.75 bits per heavy atom. The third-order valence-electron chi connectivity index (χ3n) is 6.03. The minimum atomic E-state index is -0.284. The van der Waals surface area contributed by atoms with Gasteiger partial charge >= 0.3 is 0 Å². The summed E-state index contributed by atoms with van der Waals surface area (Å²) in [4.78, 5) is 18.5. The van der Waals surface area contributed by atoms with E-state index in [4.69, 9.17) is 45.4 Å². The van der Waals surface area contributed by atoms with Crippen molar-refractivity contribution in [3.05, 3.63) is 82.9 Å². The van der Waals surface area contributed by atoms with Gasteiger partial charge in [0, 0.05) is 43.3 Å². The number of alkyl halides is 1. The molecule has 36 heavy (non-hydrogen) atoms. The molecule has 5 rings (SSSR count). The van der Waals surface area contributed by atoms with Crippen molar-refractivity contribution in [2.75, 3.05) is 31.1 Å². The molecule has 2 aromatic heterocycles. The number of aromatic nitrogens is 3. The fraction of sp³-hybridized carbons (Fsp3) is 0.231. The number of nitrogens with zero attached hydrogens (tertiary/aromatic N) is 5. The van der Waals surface area contributed by atoms with Crippen LogP contribution in [0.5, 0.6) is 0 Å². The van der Waals surface area contributed by atoms with Crippen molar-refractivity contribution in [1.82, 2.24) is 25.2 Å². The Bertz CT molecular complexity index is 1390. The molecule has 6 nitrogen and oxygen atoms in total. The molecule has 0 atom stereocenters. The first-order chi connectivity index (χ1) is 17.5. The lowest BCUT2D eigenvalue weighted by atomic mass is 10.1. The second-order valence-corrected chi connectivity index (χ2v) is 9.52. The molecule has 0 amide bonds. The molecule has 0 radical (unpaired) electrons. The maximum atomic E-state index is 13.4. The molecule has 0 aliphatic carbocycles. The number of hydrogen-bond acceptors (Lipinski definition) is 5. The zero-order chi connectivity index (χ0) is 25.1. The van der Waals surface area contributed by atoms with Gasteiger partial charge in [-0.3, -0.25) is 0 Å². The Hall–Kier alpha value is -3.07. The predicted octanol–water partition coefficient (Wildman–Crippen LogP) is 5.42. The van der Waals surface area contributed by atoms with Crippen molar-refractivity contribution in [1.29, 1.82) is 0 Å². The number of pyridine rings is 1. The topological polar surface area (TPSA) is 57.2 Å². The highest BCUT2D eigenvalue weighted by atomic mass is 35.5. The van der Waals surface area contributed by atoms with Gasteiger partial charge in [-0.05, 0) is 66.3 Å². The van der Waals surface area contributed by atoms with Gasteiger partial charge in [-0.1, -0.05) is 23.7 Å². The van der Waals surface area contributed by atoms with Crippen LogP contribution in [0.1, 0.15) is 11.4 Å². The highest BCUT2D eigenvalue weighted by Crippen LogP contribution is 2.27. The smallest absolute Gasteiger partial charge is 0.169 e. The van der Waals surface area contributed by atoms with E-state index in [0.29, 0.717) is 28.0 Å². The van der Waals surface area contributed by atoms with E-state index in [1.54, 1.807) is 12.1 Å². The first-order valence-electron chi connectivity index (χ1n) is 11.5. The number of thiocarbonyl (C=S) groups is 1. The van der Waals surface area contributed by atoms with E-state index >= 15 is 0 Å². The Morgan fingerprint density at radius 3 is 2.47 bits per heavy atom. The second kappa shape index (κ2) is 10.9. The molecule has 2 aromatic carbocycles. The lowest BCUT2D eigenvalue weighted by molar-refractivity contribution is 0.379. The molecule has 10 heteroatoms. The molecule has 184 valence electrons. The third kappa shape index (κ3) is 5.51. The average Bonchev–Trinajstić information content (AvgIpc) is 2.91. The van der Waals surface area contributed by atoms with Crippen LogP contribution in [0, 0.1) is 5.82 Å². The third-order valence-corrected chi connectivity index (χ3v) is 6.91. The van der Waals surface area contributed by atoms with Gasteiger partial charge in [0.2, 0.25) is 0 Å². The first kappa shape index (κ1) is 24.6. The fourth-order valence-corrected chi connectivity index (χ4v) is 4.75. The van der Waals surface area contributed by atoms with E-state index in [1.165, 1.54) is 12.1 Å². The van der Waals surface area contributed by atoms with E-state index in [2.05, 4.69) is 20.1 Å². The number of anilines is 1. The molecule has 1 fully saturated rings. The van der Waals surface area contributed by atoms with Crippen molar-refractivity contribution in [2.24, 2.45) is 0 Å². The van der Waals surface area contributed by atoms with E-state index in [-0.39, 0.29) is 11.7 Å². The highest BCUT2D eigenvalue weighted by Gasteiger charge is 2.23. The molecule has 1 aliphatic rings. The van der Waals surface area contributed by atoms with Crippen molar-refractivity contribution >= 4 is 57.4 Å². The van der Waals surface area contributed by atoms with E-state index in [0.717, 1.165) is 54.3 Å². The molecule has 0 spiro atoms. The normalized spacial score (nSPS) is 13.8. The van der Waals surface area contributed by atoms with Crippen molar-refractivity contribution < 1.29 is 4.39 Å². The van der Waals surface area contributed by atoms with Gasteiger partial charge in [0.1, 0.15) is 17.2 Å². The van der Waals surface area contributed by atoms with Crippen LogP contribution in [0.4, 0.5) is 10.2 Å². The Kier molecular flexibility index (Phi) is 7.46. The zero-order valence-corrected chi connectivity index (χ0v) is 21.6.